The van der Waals surface area contributed by atoms with Crippen LogP contribution >= 0.6 is 11.6 Å². The van der Waals surface area contributed by atoms with Gasteiger partial charge in [0.2, 0.25) is 5.82 Å². The van der Waals surface area contributed by atoms with E-state index in [0.717, 1.165) is 16.9 Å². The molecule has 0 bridgehead atoms. The van der Waals surface area contributed by atoms with E-state index in [1.54, 1.807) is 16.8 Å². The molecule has 7 nitrogen and oxygen atoms in total. The molecule has 0 spiro atoms. The summed E-state index contributed by atoms with van der Waals surface area (Å²) in [6, 6.07) is 16.9. The number of amides is 1. The van der Waals surface area contributed by atoms with Crippen molar-refractivity contribution in [2.45, 2.75) is 13.5 Å². The van der Waals surface area contributed by atoms with E-state index in [-0.39, 0.29) is 5.89 Å². The number of nitrogens with zero attached hydrogens (tertiary/aromatic N) is 4. The topological polar surface area (TPSA) is 85.8 Å². The van der Waals surface area contributed by atoms with Crippen LogP contribution in [0.3, 0.4) is 0 Å². The molecule has 0 aliphatic carbocycles. The van der Waals surface area contributed by atoms with E-state index < -0.39 is 5.91 Å². The number of nitrogens with one attached hydrogen (secondary N) is 1. The van der Waals surface area contributed by atoms with E-state index in [0.29, 0.717) is 23.0 Å². The molecule has 0 aliphatic heterocycles. The molecule has 2 aromatic carbocycles. The molecule has 4 rings (SSSR count). The Morgan fingerprint density at radius 1 is 1.14 bits per heavy atom. The largest absolute Gasteiger partial charge is 0.344 e. The number of benzene rings is 2. The lowest BCUT2D eigenvalue weighted by Crippen LogP contribution is -2.23. The number of aromatic nitrogens is 4. The number of carbonyl (C=O) groups is 1. The predicted octanol–water partition coefficient (Wildman–Crippen LogP) is 3.81. The van der Waals surface area contributed by atoms with Gasteiger partial charge in [-0.15, -0.1) is 0 Å². The minimum absolute atomic E-state index is 0.101. The molecule has 0 atom stereocenters. The van der Waals surface area contributed by atoms with Gasteiger partial charge in [0, 0.05) is 17.8 Å². The summed E-state index contributed by atoms with van der Waals surface area (Å²) in [5.41, 5.74) is 3.26. The Kier molecular flexibility index (Phi) is 4.90. The van der Waals surface area contributed by atoms with Crippen LogP contribution in [-0.2, 0) is 6.54 Å². The Labute approximate surface area is 166 Å². The van der Waals surface area contributed by atoms with Crippen LogP contribution in [0.1, 0.15) is 21.9 Å². The number of hydrogen-bond acceptors (Lipinski definition) is 5. The predicted molar refractivity (Wildman–Crippen MR) is 104 cm³/mol. The third-order valence-corrected chi connectivity index (χ3v) is 4.40. The molecule has 0 saturated heterocycles. The molecule has 0 unspecified atom stereocenters. The zero-order chi connectivity index (χ0) is 19.5. The van der Waals surface area contributed by atoms with Gasteiger partial charge in [-0.3, -0.25) is 4.79 Å². The number of para-hydroxylation sites is 1. The molecule has 28 heavy (non-hydrogen) atoms. The number of halogens is 1. The monoisotopic (exact) mass is 393 g/mol. The second kappa shape index (κ2) is 7.66. The van der Waals surface area contributed by atoms with Gasteiger partial charge in [-0.2, -0.15) is 10.1 Å². The first-order valence-corrected chi connectivity index (χ1v) is 8.96. The van der Waals surface area contributed by atoms with Gasteiger partial charge >= 0.3 is 11.8 Å². The van der Waals surface area contributed by atoms with Crippen molar-refractivity contribution in [1.82, 2.24) is 25.2 Å². The van der Waals surface area contributed by atoms with E-state index in [2.05, 4.69) is 20.6 Å². The van der Waals surface area contributed by atoms with Crippen LogP contribution in [-0.4, -0.2) is 25.8 Å². The van der Waals surface area contributed by atoms with Crippen LogP contribution < -0.4 is 5.32 Å². The molecule has 4 aromatic rings. The maximum Gasteiger partial charge on any atom is 0.316 e. The second-order valence-electron chi connectivity index (χ2n) is 6.14. The first kappa shape index (κ1) is 17.9. The van der Waals surface area contributed by atoms with Crippen molar-refractivity contribution >= 4 is 17.5 Å². The van der Waals surface area contributed by atoms with Crippen LogP contribution in [0.5, 0.6) is 0 Å². The molecule has 1 amide bonds. The first-order valence-electron chi connectivity index (χ1n) is 8.58. The van der Waals surface area contributed by atoms with Crippen LogP contribution in [0.25, 0.3) is 17.1 Å². The standard InChI is InChI=1S/C20H16ClN5O2/c1-13-17(12-26(24-13)16-5-3-2-4-6-16)18-23-20(28-25-18)19(27)22-11-14-7-9-15(21)10-8-14/h2-10,12H,11H2,1H3,(H,22,27). The molecular formula is C20H16ClN5O2. The van der Waals surface area contributed by atoms with Gasteiger partial charge in [0.25, 0.3) is 0 Å². The van der Waals surface area contributed by atoms with Gasteiger partial charge in [0.1, 0.15) is 0 Å². The highest BCUT2D eigenvalue weighted by atomic mass is 35.5. The lowest BCUT2D eigenvalue weighted by atomic mass is 10.2. The molecule has 0 aliphatic rings. The summed E-state index contributed by atoms with van der Waals surface area (Å²) in [5.74, 6) is -0.228. The molecule has 140 valence electrons. The van der Waals surface area contributed by atoms with Gasteiger partial charge in [-0.05, 0) is 36.8 Å². The van der Waals surface area contributed by atoms with E-state index in [4.69, 9.17) is 16.1 Å². The zero-order valence-electron chi connectivity index (χ0n) is 15.0. The van der Waals surface area contributed by atoms with E-state index in [1.165, 1.54) is 0 Å². The summed E-state index contributed by atoms with van der Waals surface area (Å²) < 4.78 is 6.86. The Morgan fingerprint density at radius 2 is 1.89 bits per heavy atom. The normalized spacial score (nSPS) is 10.8. The Morgan fingerprint density at radius 3 is 2.64 bits per heavy atom. The third kappa shape index (κ3) is 3.79. The summed E-state index contributed by atoms with van der Waals surface area (Å²) in [7, 11) is 0. The van der Waals surface area contributed by atoms with Crippen LogP contribution in [0.2, 0.25) is 5.02 Å². The molecule has 0 radical (unpaired) electrons. The molecule has 0 fully saturated rings. The average molecular weight is 394 g/mol. The highest BCUT2D eigenvalue weighted by Gasteiger charge is 2.19. The van der Waals surface area contributed by atoms with Crippen molar-refractivity contribution in [2.24, 2.45) is 0 Å². The fourth-order valence-electron chi connectivity index (χ4n) is 2.68. The summed E-state index contributed by atoms with van der Waals surface area (Å²) in [6.07, 6.45) is 1.81. The second-order valence-corrected chi connectivity index (χ2v) is 6.58. The summed E-state index contributed by atoms with van der Waals surface area (Å²) >= 11 is 5.86. The molecular weight excluding hydrogens is 378 g/mol. The summed E-state index contributed by atoms with van der Waals surface area (Å²) in [5, 5.41) is 11.8. The molecule has 2 aromatic heterocycles. The number of rotatable bonds is 5. The van der Waals surface area contributed by atoms with Crippen molar-refractivity contribution in [1.29, 1.82) is 0 Å². The van der Waals surface area contributed by atoms with Crippen molar-refractivity contribution in [3.8, 4) is 17.1 Å². The van der Waals surface area contributed by atoms with Crippen LogP contribution in [0.15, 0.2) is 65.3 Å². The lowest BCUT2D eigenvalue weighted by molar-refractivity contribution is 0.0907. The summed E-state index contributed by atoms with van der Waals surface area (Å²) in [6.45, 7) is 2.18. The third-order valence-electron chi connectivity index (χ3n) is 4.15. The maximum atomic E-state index is 12.3. The van der Waals surface area contributed by atoms with Gasteiger partial charge < -0.3 is 9.84 Å². The fourth-order valence-corrected chi connectivity index (χ4v) is 2.80. The fraction of sp³-hybridized carbons (Fsp3) is 0.100. The van der Waals surface area contributed by atoms with Crippen molar-refractivity contribution < 1.29 is 9.32 Å². The lowest BCUT2D eigenvalue weighted by Gasteiger charge is -2.02. The van der Waals surface area contributed by atoms with Gasteiger partial charge in [0.15, 0.2) is 0 Å². The molecule has 8 heteroatoms. The highest BCUT2D eigenvalue weighted by Crippen LogP contribution is 2.21. The van der Waals surface area contributed by atoms with Crippen molar-refractivity contribution in [3.05, 3.63) is 83.0 Å². The number of aryl methyl sites for hydroxylation is 1. The number of hydrogen-bond donors (Lipinski definition) is 1. The number of carbonyl (C=O) groups excluding carboxylic acids is 1. The Balaban J connectivity index is 1.49. The Hall–Kier alpha value is -3.45. The van der Waals surface area contributed by atoms with Gasteiger partial charge in [0.05, 0.1) is 16.9 Å². The van der Waals surface area contributed by atoms with Gasteiger partial charge in [-0.1, -0.05) is 47.1 Å². The van der Waals surface area contributed by atoms with Gasteiger partial charge in [-0.25, -0.2) is 4.68 Å². The average Bonchev–Trinajstić information content (AvgIpc) is 3.35. The van der Waals surface area contributed by atoms with E-state index in [1.807, 2.05) is 55.6 Å². The molecule has 2 heterocycles. The zero-order valence-corrected chi connectivity index (χ0v) is 15.7. The Bertz CT molecular complexity index is 1100. The molecule has 1 N–H and O–H groups in total. The minimum Gasteiger partial charge on any atom is -0.344 e. The summed E-state index contributed by atoms with van der Waals surface area (Å²) in [4.78, 5) is 16.5. The van der Waals surface area contributed by atoms with Crippen molar-refractivity contribution in [2.75, 3.05) is 0 Å². The first-order chi connectivity index (χ1) is 13.6. The minimum atomic E-state index is -0.443. The van der Waals surface area contributed by atoms with E-state index >= 15 is 0 Å². The highest BCUT2D eigenvalue weighted by molar-refractivity contribution is 6.30. The van der Waals surface area contributed by atoms with Crippen molar-refractivity contribution in [3.63, 3.8) is 0 Å². The smallest absolute Gasteiger partial charge is 0.316 e. The SMILES string of the molecule is Cc1nn(-c2ccccc2)cc1-c1noc(C(=O)NCc2ccc(Cl)cc2)n1. The van der Waals surface area contributed by atoms with E-state index in [9.17, 15) is 4.79 Å². The van der Waals surface area contributed by atoms with Crippen LogP contribution in [0.4, 0.5) is 0 Å². The maximum absolute atomic E-state index is 12.3. The molecule has 0 saturated carbocycles. The quantitative estimate of drug-likeness (QED) is 0.557. The van der Waals surface area contributed by atoms with Crippen LogP contribution in [0, 0.1) is 6.92 Å².